The maximum Gasteiger partial charge on any atom is 0.120 e. The first-order valence-corrected chi connectivity index (χ1v) is 7.32. The third-order valence-corrected chi connectivity index (χ3v) is 4.61. The van der Waals surface area contributed by atoms with Crippen LogP contribution in [0.5, 0.6) is 0 Å². The van der Waals surface area contributed by atoms with Gasteiger partial charge in [0.25, 0.3) is 0 Å². The molecule has 100 valence electrons. The van der Waals surface area contributed by atoms with Gasteiger partial charge in [0, 0.05) is 25.2 Å². The molecule has 0 radical (unpaired) electrons. The predicted molar refractivity (Wildman–Crippen MR) is 72.4 cm³/mol. The van der Waals surface area contributed by atoms with Gasteiger partial charge < -0.3 is 9.73 Å². The Morgan fingerprint density at radius 2 is 2.33 bits per heavy atom. The molecule has 3 nitrogen and oxygen atoms in total. The second kappa shape index (κ2) is 5.06. The monoisotopic (exact) mass is 248 g/mol. The first kappa shape index (κ1) is 12.2. The van der Waals surface area contributed by atoms with Crippen molar-refractivity contribution < 1.29 is 4.42 Å². The Bertz CT molecular complexity index is 372. The summed E-state index contributed by atoms with van der Waals surface area (Å²) in [5.74, 6) is 2.03. The number of hydrogen-bond donors (Lipinski definition) is 1. The summed E-state index contributed by atoms with van der Waals surface area (Å²) in [7, 11) is 0. The molecule has 1 N–H and O–H groups in total. The van der Waals surface area contributed by atoms with E-state index in [1.54, 1.807) is 6.26 Å². The molecule has 1 saturated carbocycles. The van der Waals surface area contributed by atoms with Crippen molar-refractivity contribution in [2.24, 2.45) is 5.92 Å². The number of hydrogen-bond acceptors (Lipinski definition) is 3. The van der Waals surface area contributed by atoms with Gasteiger partial charge in [-0.15, -0.1) is 0 Å². The van der Waals surface area contributed by atoms with Gasteiger partial charge in [-0.2, -0.15) is 0 Å². The van der Waals surface area contributed by atoms with Crippen molar-refractivity contribution in [2.45, 2.75) is 51.2 Å². The van der Waals surface area contributed by atoms with Crippen LogP contribution in [-0.2, 0) is 0 Å². The standard InChI is InChI=1S/C15H24N2O/c1-3-13-9-16-14(12-6-7-12)10-17(13)11(2)15-5-4-8-18-15/h4-5,8,11-14,16H,3,6-7,9-10H2,1-2H3. The first-order valence-electron chi connectivity index (χ1n) is 7.32. The van der Waals surface area contributed by atoms with E-state index in [2.05, 4.69) is 30.1 Å². The van der Waals surface area contributed by atoms with E-state index in [4.69, 9.17) is 4.42 Å². The number of piperazine rings is 1. The number of furan rings is 1. The van der Waals surface area contributed by atoms with Crippen molar-refractivity contribution in [1.82, 2.24) is 10.2 Å². The second-order valence-corrected chi connectivity index (χ2v) is 5.80. The van der Waals surface area contributed by atoms with Crippen LogP contribution in [0.2, 0.25) is 0 Å². The zero-order valence-corrected chi connectivity index (χ0v) is 11.4. The van der Waals surface area contributed by atoms with E-state index in [1.807, 2.05) is 6.07 Å². The summed E-state index contributed by atoms with van der Waals surface area (Å²) in [6, 6.07) is 5.83. The van der Waals surface area contributed by atoms with E-state index in [9.17, 15) is 0 Å². The molecule has 1 saturated heterocycles. The molecular weight excluding hydrogens is 224 g/mol. The molecular formula is C15H24N2O. The van der Waals surface area contributed by atoms with Crippen LogP contribution >= 0.6 is 0 Å². The molecule has 3 atom stereocenters. The summed E-state index contributed by atoms with van der Waals surface area (Å²) in [6.45, 7) is 6.86. The molecule has 0 spiro atoms. The van der Waals surface area contributed by atoms with Gasteiger partial charge in [-0.25, -0.2) is 0 Å². The van der Waals surface area contributed by atoms with Crippen LogP contribution in [0, 0.1) is 5.92 Å². The normalized spacial score (nSPS) is 31.4. The molecule has 18 heavy (non-hydrogen) atoms. The van der Waals surface area contributed by atoms with Crippen molar-refractivity contribution in [3.8, 4) is 0 Å². The van der Waals surface area contributed by atoms with Crippen molar-refractivity contribution in [3.05, 3.63) is 24.2 Å². The molecule has 1 aromatic rings. The molecule has 3 heteroatoms. The molecule has 0 aromatic carbocycles. The van der Waals surface area contributed by atoms with Crippen LogP contribution in [0.3, 0.4) is 0 Å². The fraction of sp³-hybridized carbons (Fsp3) is 0.733. The topological polar surface area (TPSA) is 28.4 Å². The van der Waals surface area contributed by atoms with Crippen molar-refractivity contribution in [2.75, 3.05) is 13.1 Å². The lowest BCUT2D eigenvalue weighted by Crippen LogP contribution is -2.57. The van der Waals surface area contributed by atoms with E-state index >= 15 is 0 Å². The lowest BCUT2D eigenvalue weighted by molar-refractivity contribution is 0.0706. The van der Waals surface area contributed by atoms with E-state index in [0.717, 1.165) is 18.2 Å². The van der Waals surface area contributed by atoms with Crippen molar-refractivity contribution >= 4 is 0 Å². The molecule has 3 unspecified atom stereocenters. The van der Waals surface area contributed by atoms with Crippen LogP contribution in [0.4, 0.5) is 0 Å². The largest absolute Gasteiger partial charge is 0.468 e. The smallest absolute Gasteiger partial charge is 0.120 e. The summed E-state index contributed by atoms with van der Waals surface area (Å²) < 4.78 is 5.59. The van der Waals surface area contributed by atoms with Gasteiger partial charge >= 0.3 is 0 Å². The zero-order valence-electron chi connectivity index (χ0n) is 11.4. The number of nitrogens with one attached hydrogen (secondary N) is 1. The van der Waals surface area contributed by atoms with E-state index in [0.29, 0.717) is 18.1 Å². The molecule has 2 fully saturated rings. The summed E-state index contributed by atoms with van der Waals surface area (Å²) >= 11 is 0. The minimum Gasteiger partial charge on any atom is -0.468 e. The fourth-order valence-electron chi connectivity index (χ4n) is 3.21. The van der Waals surface area contributed by atoms with Gasteiger partial charge in [-0.1, -0.05) is 6.92 Å². The SMILES string of the molecule is CCC1CNC(C2CC2)CN1C(C)c1ccco1. The maximum atomic E-state index is 5.59. The van der Waals surface area contributed by atoms with E-state index < -0.39 is 0 Å². The summed E-state index contributed by atoms with van der Waals surface area (Å²) in [5.41, 5.74) is 0. The third kappa shape index (κ3) is 2.34. The molecule has 3 rings (SSSR count). The van der Waals surface area contributed by atoms with Gasteiger partial charge in [0.15, 0.2) is 0 Å². The minimum absolute atomic E-state index is 0.397. The van der Waals surface area contributed by atoms with Gasteiger partial charge in [0.05, 0.1) is 12.3 Å². The van der Waals surface area contributed by atoms with E-state index in [-0.39, 0.29) is 0 Å². The molecule has 1 aromatic heterocycles. The Morgan fingerprint density at radius 1 is 1.50 bits per heavy atom. The highest BCUT2D eigenvalue weighted by atomic mass is 16.3. The number of rotatable bonds is 4. The third-order valence-electron chi connectivity index (χ3n) is 4.61. The summed E-state index contributed by atoms with van der Waals surface area (Å²) in [6.07, 6.45) is 5.82. The Kier molecular flexibility index (Phi) is 3.44. The minimum atomic E-state index is 0.397. The number of nitrogens with zero attached hydrogens (tertiary/aromatic N) is 1. The average molecular weight is 248 g/mol. The first-order chi connectivity index (χ1) is 8.79. The quantitative estimate of drug-likeness (QED) is 0.888. The predicted octanol–water partition coefficient (Wildman–Crippen LogP) is 2.80. The molecule has 1 aliphatic heterocycles. The highest BCUT2D eigenvalue weighted by Gasteiger charge is 2.38. The molecule has 1 aliphatic carbocycles. The van der Waals surface area contributed by atoms with Crippen LogP contribution < -0.4 is 5.32 Å². The van der Waals surface area contributed by atoms with E-state index in [1.165, 1.54) is 25.8 Å². The Balaban J connectivity index is 1.72. The molecule has 2 aliphatic rings. The lowest BCUT2D eigenvalue weighted by Gasteiger charge is -2.43. The van der Waals surface area contributed by atoms with Gasteiger partial charge in [0.1, 0.15) is 5.76 Å². The van der Waals surface area contributed by atoms with Crippen LogP contribution in [0.1, 0.15) is 44.9 Å². The highest BCUT2D eigenvalue weighted by molar-refractivity contribution is 5.06. The van der Waals surface area contributed by atoms with Gasteiger partial charge in [-0.3, -0.25) is 4.90 Å². The Labute approximate surface area is 110 Å². The Hall–Kier alpha value is -0.800. The van der Waals surface area contributed by atoms with Crippen molar-refractivity contribution in [1.29, 1.82) is 0 Å². The average Bonchev–Trinajstić information content (AvgIpc) is 3.12. The highest BCUT2D eigenvalue weighted by Crippen LogP contribution is 2.36. The van der Waals surface area contributed by atoms with Crippen LogP contribution in [0.15, 0.2) is 22.8 Å². The maximum absolute atomic E-state index is 5.59. The lowest BCUT2D eigenvalue weighted by atomic mass is 10.0. The summed E-state index contributed by atoms with van der Waals surface area (Å²) in [5, 5.41) is 3.74. The van der Waals surface area contributed by atoms with Crippen LogP contribution in [0.25, 0.3) is 0 Å². The molecule has 2 heterocycles. The molecule has 0 amide bonds. The fourth-order valence-corrected chi connectivity index (χ4v) is 3.21. The van der Waals surface area contributed by atoms with Crippen molar-refractivity contribution in [3.63, 3.8) is 0 Å². The van der Waals surface area contributed by atoms with Gasteiger partial charge in [-0.05, 0) is 44.2 Å². The summed E-state index contributed by atoms with van der Waals surface area (Å²) in [4.78, 5) is 2.64. The van der Waals surface area contributed by atoms with Crippen LogP contribution in [-0.4, -0.2) is 30.1 Å². The molecule has 0 bridgehead atoms. The zero-order chi connectivity index (χ0) is 12.5. The van der Waals surface area contributed by atoms with Gasteiger partial charge in [0.2, 0.25) is 0 Å². The Morgan fingerprint density at radius 3 is 2.94 bits per heavy atom. The second-order valence-electron chi connectivity index (χ2n) is 5.80.